The number of benzene rings is 1. The number of nitrogens with zero attached hydrogens (tertiary/aromatic N) is 3. The van der Waals surface area contributed by atoms with Gasteiger partial charge < -0.3 is 20.3 Å². The first-order valence-corrected chi connectivity index (χ1v) is 10.5. The van der Waals surface area contributed by atoms with E-state index in [0.717, 1.165) is 43.9 Å². The van der Waals surface area contributed by atoms with Crippen LogP contribution in [0.2, 0.25) is 0 Å². The Labute approximate surface area is 179 Å². The number of hydrogen-bond acceptors (Lipinski definition) is 6. The van der Waals surface area contributed by atoms with Crippen LogP contribution < -0.4 is 15.4 Å². The Morgan fingerprint density at radius 3 is 2.77 bits per heavy atom. The van der Waals surface area contributed by atoms with Gasteiger partial charge in [-0.3, -0.25) is 19.5 Å². The van der Waals surface area contributed by atoms with Crippen molar-refractivity contribution < 1.29 is 14.3 Å². The molecule has 30 heavy (non-hydrogen) atoms. The average molecular weight is 418 g/mol. The number of hydrogen-bond donors (Lipinski definition) is 2. The smallest absolute Gasteiger partial charge is 0.260 e. The molecule has 8 heteroatoms. The fraction of sp³-hybridized carbons (Fsp3) is 0.591. The summed E-state index contributed by atoms with van der Waals surface area (Å²) in [5, 5.41) is 5.53. The normalized spacial score (nSPS) is 17.0. The molecule has 1 aromatic carbocycles. The minimum Gasteiger partial charge on any atom is -0.497 e. The Balaban J connectivity index is 2.05. The van der Waals surface area contributed by atoms with Gasteiger partial charge in [-0.2, -0.15) is 0 Å². The Kier molecular flexibility index (Phi) is 9.76. The van der Waals surface area contributed by atoms with E-state index < -0.39 is 6.17 Å². The number of amides is 2. The van der Waals surface area contributed by atoms with E-state index in [0.29, 0.717) is 6.42 Å². The van der Waals surface area contributed by atoms with Crippen molar-refractivity contribution in [2.24, 2.45) is 4.99 Å². The molecule has 1 atom stereocenters. The largest absolute Gasteiger partial charge is 0.497 e. The van der Waals surface area contributed by atoms with Crippen molar-refractivity contribution in [1.29, 1.82) is 0 Å². The Hall–Kier alpha value is -2.45. The lowest BCUT2D eigenvalue weighted by atomic mass is 10.1. The van der Waals surface area contributed by atoms with Crippen LogP contribution in [0.3, 0.4) is 0 Å². The van der Waals surface area contributed by atoms with Crippen LogP contribution in [0.15, 0.2) is 29.3 Å². The van der Waals surface area contributed by atoms with Gasteiger partial charge in [-0.15, -0.1) is 0 Å². The SMILES string of the molecule is COc1cccc(CC=NC(C(=O)NCC(=O)NC(C)C)N2CCCN(C)CC2)c1. The van der Waals surface area contributed by atoms with Crippen molar-refractivity contribution in [3.05, 3.63) is 29.8 Å². The minimum absolute atomic E-state index is 0.0345. The quantitative estimate of drug-likeness (QED) is 0.584. The second kappa shape index (κ2) is 12.3. The van der Waals surface area contributed by atoms with Gasteiger partial charge in [-0.25, -0.2) is 0 Å². The number of ether oxygens (including phenoxy) is 1. The topological polar surface area (TPSA) is 86.3 Å². The van der Waals surface area contributed by atoms with Crippen molar-refractivity contribution in [1.82, 2.24) is 20.4 Å². The lowest BCUT2D eigenvalue weighted by Gasteiger charge is -2.26. The van der Waals surface area contributed by atoms with E-state index in [1.807, 2.05) is 38.1 Å². The molecule has 0 aromatic heterocycles. The average Bonchev–Trinajstić information content (AvgIpc) is 2.93. The van der Waals surface area contributed by atoms with E-state index in [1.165, 1.54) is 0 Å². The van der Waals surface area contributed by atoms with Gasteiger partial charge in [0.15, 0.2) is 6.17 Å². The van der Waals surface area contributed by atoms with Crippen LogP contribution in [0.5, 0.6) is 5.75 Å². The number of aliphatic imine (C=N–C) groups is 1. The van der Waals surface area contributed by atoms with Crippen molar-refractivity contribution in [3.63, 3.8) is 0 Å². The van der Waals surface area contributed by atoms with Crippen LogP contribution in [0.1, 0.15) is 25.8 Å². The zero-order chi connectivity index (χ0) is 21.9. The second-order valence-corrected chi connectivity index (χ2v) is 7.89. The highest BCUT2D eigenvalue weighted by atomic mass is 16.5. The van der Waals surface area contributed by atoms with E-state index in [4.69, 9.17) is 4.74 Å². The number of likely N-dealkylation sites (N-methyl/N-ethyl adjacent to an activating group) is 1. The van der Waals surface area contributed by atoms with Crippen molar-refractivity contribution in [3.8, 4) is 5.75 Å². The summed E-state index contributed by atoms with van der Waals surface area (Å²) in [5.41, 5.74) is 1.06. The summed E-state index contributed by atoms with van der Waals surface area (Å²) in [6, 6.07) is 7.82. The zero-order valence-corrected chi connectivity index (χ0v) is 18.6. The van der Waals surface area contributed by atoms with E-state index in [2.05, 4.69) is 32.5 Å². The summed E-state index contributed by atoms with van der Waals surface area (Å²) in [4.78, 5) is 33.7. The van der Waals surface area contributed by atoms with Crippen LogP contribution in [0, 0.1) is 0 Å². The minimum atomic E-state index is -0.644. The van der Waals surface area contributed by atoms with Gasteiger partial charge in [0.2, 0.25) is 5.91 Å². The first kappa shape index (κ1) is 23.8. The molecule has 1 unspecified atom stereocenters. The molecule has 166 valence electrons. The maximum atomic E-state index is 12.9. The van der Waals surface area contributed by atoms with Gasteiger partial charge in [0.05, 0.1) is 13.7 Å². The third-order valence-corrected chi connectivity index (χ3v) is 4.92. The molecule has 2 amide bonds. The Bertz CT molecular complexity index is 722. The predicted octanol–water partition coefficient (Wildman–Crippen LogP) is 0.913. The van der Waals surface area contributed by atoms with Crippen LogP contribution in [-0.4, -0.2) is 86.9 Å². The maximum absolute atomic E-state index is 12.9. The molecule has 0 spiro atoms. The monoisotopic (exact) mass is 417 g/mol. The van der Waals surface area contributed by atoms with Crippen LogP contribution in [0.25, 0.3) is 0 Å². The van der Waals surface area contributed by atoms with E-state index in [1.54, 1.807) is 13.3 Å². The fourth-order valence-corrected chi connectivity index (χ4v) is 3.33. The number of rotatable bonds is 9. The predicted molar refractivity (Wildman–Crippen MR) is 119 cm³/mol. The summed E-state index contributed by atoms with van der Waals surface area (Å²) in [6.45, 7) is 7.14. The first-order chi connectivity index (χ1) is 14.4. The standard InChI is InChI=1S/C22H35N5O3/c1-17(2)25-20(28)16-24-22(29)21(27-12-6-11-26(3)13-14-27)23-10-9-18-7-5-8-19(15-18)30-4/h5,7-8,10,15,17,21H,6,9,11-14,16H2,1-4H3,(H,24,29)(H,25,28). The maximum Gasteiger partial charge on any atom is 0.260 e. The lowest BCUT2D eigenvalue weighted by Crippen LogP contribution is -2.49. The summed E-state index contributed by atoms with van der Waals surface area (Å²) in [6.07, 6.45) is 2.71. The Morgan fingerprint density at radius 1 is 1.23 bits per heavy atom. The van der Waals surface area contributed by atoms with Crippen LogP contribution in [-0.2, 0) is 16.0 Å². The van der Waals surface area contributed by atoms with Crippen LogP contribution >= 0.6 is 0 Å². The molecular formula is C22H35N5O3. The summed E-state index contributed by atoms with van der Waals surface area (Å²) < 4.78 is 5.26. The molecule has 2 rings (SSSR count). The van der Waals surface area contributed by atoms with Gasteiger partial charge in [0.25, 0.3) is 5.91 Å². The van der Waals surface area contributed by atoms with E-state index >= 15 is 0 Å². The number of carbonyl (C=O) groups is 2. The molecule has 0 aliphatic carbocycles. The lowest BCUT2D eigenvalue weighted by molar-refractivity contribution is -0.129. The molecule has 1 aliphatic heterocycles. The molecule has 2 N–H and O–H groups in total. The molecule has 1 saturated heterocycles. The highest BCUT2D eigenvalue weighted by Gasteiger charge is 2.26. The first-order valence-electron chi connectivity index (χ1n) is 10.5. The summed E-state index contributed by atoms with van der Waals surface area (Å²) in [5.74, 6) is 0.343. The van der Waals surface area contributed by atoms with Gasteiger partial charge in [-0.05, 0) is 51.6 Å². The zero-order valence-electron chi connectivity index (χ0n) is 18.6. The van der Waals surface area contributed by atoms with Crippen molar-refractivity contribution >= 4 is 18.0 Å². The van der Waals surface area contributed by atoms with Gasteiger partial charge in [0.1, 0.15) is 5.75 Å². The highest BCUT2D eigenvalue weighted by Crippen LogP contribution is 2.13. The molecule has 8 nitrogen and oxygen atoms in total. The molecule has 0 radical (unpaired) electrons. The molecule has 0 saturated carbocycles. The molecular weight excluding hydrogens is 382 g/mol. The van der Waals surface area contributed by atoms with Crippen molar-refractivity contribution in [2.45, 2.75) is 38.9 Å². The summed E-state index contributed by atoms with van der Waals surface area (Å²) >= 11 is 0. The third kappa shape index (κ3) is 8.12. The molecule has 1 aliphatic rings. The molecule has 1 heterocycles. The molecule has 1 fully saturated rings. The second-order valence-electron chi connectivity index (χ2n) is 7.89. The number of methoxy groups -OCH3 is 1. The van der Waals surface area contributed by atoms with Gasteiger partial charge >= 0.3 is 0 Å². The highest BCUT2D eigenvalue weighted by molar-refractivity contribution is 5.88. The van der Waals surface area contributed by atoms with E-state index in [9.17, 15) is 9.59 Å². The van der Waals surface area contributed by atoms with E-state index in [-0.39, 0.29) is 24.4 Å². The molecule has 1 aromatic rings. The third-order valence-electron chi connectivity index (χ3n) is 4.92. The van der Waals surface area contributed by atoms with Gasteiger partial charge in [0, 0.05) is 38.3 Å². The van der Waals surface area contributed by atoms with Crippen molar-refractivity contribution in [2.75, 3.05) is 46.9 Å². The fourth-order valence-electron chi connectivity index (χ4n) is 3.33. The number of nitrogens with one attached hydrogen (secondary N) is 2. The number of carbonyl (C=O) groups excluding carboxylic acids is 2. The summed E-state index contributed by atoms with van der Waals surface area (Å²) in [7, 11) is 3.72. The van der Waals surface area contributed by atoms with Crippen LogP contribution in [0.4, 0.5) is 0 Å². The molecule has 0 bridgehead atoms. The van der Waals surface area contributed by atoms with Gasteiger partial charge in [-0.1, -0.05) is 12.1 Å². The Morgan fingerprint density at radius 2 is 2.03 bits per heavy atom.